The quantitative estimate of drug-likeness (QED) is 0.455. The van der Waals surface area contributed by atoms with Gasteiger partial charge in [-0.2, -0.15) is 0 Å². The first-order valence-corrected chi connectivity index (χ1v) is 13.8. The summed E-state index contributed by atoms with van der Waals surface area (Å²) >= 11 is 0. The van der Waals surface area contributed by atoms with Crippen LogP contribution in [-0.2, 0) is 9.16 Å². The lowest BCUT2D eigenvalue weighted by Crippen LogP contribution is -2.77. The molecule has 1 heterocycles. The van der Waals surface area contributed by atoms with Gasteiger partial charge < -0.3 is 18.8 Å². The molecular formula is C24H33NO4Si. The van der Waals surface area contributed by atoms with Crippen LogP contribution in [0.25, 0.3) is 0 Å². The Morgan fingerprint density at radius 1 is 1.00 bits per heavy atom. The number of rotatable bonds is 7. The molecule has 6 heteroatoms. The Hall–Kier alpha value is -2.15. The number of amides is 1. The summed E-state index contributed by atoms with van der Waals surface area (Å²) in [7, 11) is 1.34. The summed E-state index contributed by atoms with van der Waals surface area (Å²) in [4.78, 5) is 15.6. The van der Waals surface area contributed by atoms with E-state index in [0.717, 1.165) is 11.3 Å². The maximum atomic E-state index is 13.6. The van der Waals surface area contributed by atoms with Gasteiger partial charge in [-0.3, -0.25) is 4.79 Å². The van der Waals surface area contributed by atoms with E-state index in [2.05, 4.69) is 33.5 Å². The predicted molar refractivity (Wildman–Crippen MR) is 121 cm³/mol. The number of hydrogen-bond donors (Lipinski definition) is 0. The average molecular weight is 428 g/mol. The van der Waals surface area contributed by atoms with Crippen LogP contribution in [0.15, 0.2) is 54.6 Å². The fourth-order valence-corrected chi connectivity index (χ4v) is 5.71. The highest BCUT2D eigenvalue weighted by Crippen LogP contribution is 2.54. The molecule has 2 aromatic carbocycles. The third kappa shape index (κ3) is 4.04. The van der Waals surface area contributed by atoms with Crippen molar-refractivity contribution >= 4 is 14.2 Å². The Morgan fingerprint density at radius 3 is 2.07 bits per heavy atom. The molecule has 0 N–H and O–H groups in total. The van der Waals surface area contributed by atoms with Crippen LogP contribution in [-0.4, -0.2) is 45.2 Å². The Labute approximate surface area is 181 Å². The van der Waals surface area contributed by atoms with E-state index >= 15 is 0 Å². The monoisotopic (exact) mass is 427 g/mol. The number of methoxy groups -OCH3 is 2. The summed E-state index contributed by atoms with van der Waals surface area (Å²) in [5.74, 6) is 0.0245. The van der Waals surface area contributed by atoms with Crippen molar-refractivity contribution in [3.8, 4) is 5.75 Å². The van der Waals surface area contributed by atoms with Crippen LogP contribution in [0.4, 0.5) is 0 Å². The van der Waals surface area contributed by atoms with Gasteiger partial charge in [0.05, 0.1) is 13.2 Å². The Bertz CT molecular complexity index is 863. The molecule has 0 radical (unpaired) electrons. The van der Waals surface area contributed by atoms with Crippen LogP contribution in [0.1, 0.15) is 35.8 Å². The number of nitrogens with zero attached hydrogens (tertiary/aromatic N) is 1. The van der Waals surface area contributed by atoms with Gasteiger partial charge >= 0.3 is 0 Å². The molecule has 1 aliphatic heterocycles. The van der Waals surface area contributed by atoms with Gasteiger partial charge in [0.25, 0.3) is 5.91 Å². The van der Waals surface area contributed by atoms with E-state index in [1.165, 1.54) is 0 Å². The molecule has 162 valence electrons. The lowest BCUT2D eigenvalue weighted by atomic mass is 9.74. The summed E-state index contributed by atoms with van der Waals surface area (Å²) < 4.78 is 18.2. The van der Waals surface area contributed by atoms with Gasteiger partial charge in [-0.15, -0.1) is 0 Å². The highest BCUT2D eigenvalue weighted by Gasteiger charge is 2.66. The molecule has 1 aliphatic rings. The van der Waals surface area contributed by atoms with Gasteiger partial charge in [-0.05, 0) is 55.4 Å². The van der Waals surface area contributed by atoms with E-state index in [9.17, 15) is 4.79 Å². The topological polar surface area (TPSA) is 48.0 Å². The van der Waals surface area contributed by atoms with E-state index < -0.39 is 14.1 Å². The van der Waals surface area contributed by atoms with Crippen LogP contribution >= 0.6 is 0 Å². The Kier molecular flexibility index (Phi) is 6.41. The fourth-order valence-electron chi connectivity index (χ4n) is 4.44. The van der Waals surface area contributed by atoms with Gasteiger partial charge in [-0.1, -0.05) is 44.2 Å². The number of likely N-dealkylation sites (tertiary alicyclic amines) is 1. The number of benzene rings is 2. The van der Waals surface area contributed by atoms with Crippen LogP contribution < -0.4 is 4.74 Å². The summed E-state index contributed by atoms with van der Waals surface area (Å²) in [6.07, 6.45) is 0. The van der Waals surface area contributed by atoms with Crippen LogP contribution in [0.2, 0.25) is 19.6 Å². The second-order valence-electron chi connectivity index (χ2n) is 9.08. The zero-order valence-electron chi connectivity index (χ0n) is 19.0. The molecule has 1 amide bonds. The average Bonchev–Trinajstić information content (AvgIpc) is 2.70. The molecule has 0 bridgehead atoms. The minimum atomic E-state index is -1.99. The molecule has 30 heavy (non-hydrogen) atoms. The number of hydrogen-bond acceptors (Lipinski definition) is 4. The molecule has 2 aromatic rings. The zero-order chi connectivity index (χ0) is 22.1. The molecular weight excluding hydrogens is 394 g/mol. The fraction of sp³-hybridized carbons (Fsp3) is 0.458. The maximum Gasteiger partial charge on any atom is 0.255 e. The molecule has 1 saturated heterocycles. The molecule has 0 spiro atoms. The summed E-state index contributed by atoms with van der Waals surface area (Å²) in [6.45, 7) is 10.7. The second kappa shape index (κ2) is 8.53. The smallest absolute Gasteiger partial charge is 0.255 e. The largest absolute Gasteiger partial charge is 0.497 e. The van der Waals surface area contributed by atoms with Crippen LogP contribution in [0, 0.1) is 5.92 Å². The van der Waals surface area contributed by atoms with Crippen LogP contribution in [0.3, 0.4) is 0 Å². The van der Waals surface area contributed by atoms with Gasteiger partial charge in [-0.25, -0.2) is 0 Å². The maximum absolute atomic E-state index is 13.6. The summed E-state index contributed by atoms with van der Waals surface area (Å²) in [5.41, 5.74) is 1.64. The number of ether oxygens (including phenoxy) is 2. The molecule has 0 aliphatic carbocycles. The van der Waals surface area contributed by atoms with Crippen molar-refractivity contribution < 1.29 is 18.7 Å². The standard InChI is InChI=1S/C24H33NO4Si/c1-17(2)21-24(28-4,29-30(5,6)7)22(18-13-15-20(27-3)16-14-18)25(21)23(26)19-11-9-8-10-12-19/h8-17,21-22H,1-7H3/t21-,22+,24+/m0/s1. The summed E-state index contributed by atoms with van der Waals surface area (Å²) in [6, 6.07) is 16.7. The summed E-state index contributed by atoms with van der Waals surface area (Å²) in [5, 5.41) is 0. The Morgan fingerprint density at radius 2 is 1.60 bits per heavy atom. The Balaban J connectivity index is 2.13. The van der Waals surface area contributed by atoms with Gasteiger partial charge in [0, 0.05) is 12.7 Å². The molecule has 1 fully saturated rings. The first kappa shape index (κ1) is 22.5. The molecule has 0 aromatic heterocycles. The van der Waals surface area contributed by atoms with Crippen LogP contribution in [0.5, 0.6) is 5.75 Å². The molecule has 5 nitrogen and oxygen atoms in total. The predicted octanol–water partition coefficient (Wildman–Crippen LogP) is 5.11. The van der Waals surface area contributed by atoms with Crippen molar-refractivity contribution in [1.29, 1.82) is 0 Å². The van der Waals surface area contributed by atoms with E-state index in [1.807, 2.05) is 59.5 Å². The van der Waals surface area contributed by atoms with Crippen molar-refractivity contribution in [2.75, 3.05) is 14.2 Å². The van der Waals surface area contributed by atoms with Crippen molar-refractivity contribution in [3.63, 3.8) is 0 Å². The van der Waals surface area contributed by atoms with Gasteiger partial charge in [0.15, 0.2) is 8.32 Å². The normalized spacial score (nSPS) is 23.9. The van der Waals surface area contributed by atoms with Crippen molar-refractivity contribution in [2.45, 2.75) is 51.4 Å². The molecule has 3 rings (SSSR count). The first-order chi connectivity index (χ1) is 14.1. The van der Waals surface area contributed by atoms with Gasteiger partial charge in [0.1, 0.15) is 11.8 Å². The van der Waals surface area contributed by atoms with E-state index in [0.29, 0.717) is 5.56 Å². The molecule has 3 atom stereocenters. The first-order valence-electron chi connectivity index (χ1n) is 10.4. The highest BCUT2D eigenvalue weighted by molar-refractivity contribution is 6.69. The highest BCUT2D eigenvalue weighted by atomic mass is 28.4. The minimum Gasteiger partial charge on any atom is -0.497 e. The SMILES string of the molecule is COc1ccc([C@H]2N(C(=O)c3ccccc3)[C@@H](C(C)C)[C@@]2(OC)O[Si](C)(C)C)cc1. The van der Waals surface area contributed by atoms with E-state index in [1.54, 1.807) is 14.2 Å². The van der Waals surface area contributed by atoms with Gasteiger partial charge in [0.2, 0.25) is 5.79 Å². The number of carbonyl (C=O) groups excluding carboxylic acids is 1. The van der Waals surface area contributed by atoms with E-state index in [-0.39, 0.29) is 23.9 Å². The molecule has 0 saturated carbocycles. The van der Waals surface area contributed by atoms with Crippen molar-refractivity contribution in [2.24, 2.45) is 5.92 Å². The lowest BCUT2D eigenvalue weighted by Gasteiger charge is -2.64. The number of carbonyl (C=O) groups is 1. The van der Waals surface area contributed by atoms with Crippen molar-refractivity contribution in [3.05, 3.63) is 65.7 Å². The van der Waals surface area contributed by atoms with Crippen molar-refractivity contribution in [1.82, 2.24) is 4.90 Å². The third-order valence-electron chi connectivity index (χ3n) is 5.47. The third-order valence-corrected chi connectivity index (χ3v) is 6.41. The lowest BCUT2D eigenvalue weighted by molar-refractivity contribution is -0.318. The minimum absolute atomic E-state index is 0.0121. The van der Waals surface area contributed by atoms with E-state index in [4.69, 9.17) is 13.9 Å². The molecule has 0 unspecified atom stereocenters. The zero-order valence-corrected chi connectivity index (χ0v) is 20.0. The second-order valence-corrected chi connectivity index (χ2v) is 13.5.